The number of amides is 1. The minimum absolute atomic E-state index is 0.167. The van der Waals surface area contributed by atoms with E-state index in [0.717, 1.165) is 5.56 Å². The number of nitrogens with one attached hydrogen (secondary N) is 1. The quantitative estimate of drug-likeness (QED) is 0.398. The summed E-state index contributed by atoms with van der Waals surface area (Å²) in [4.78, 5) is 17.7. The van der Waals surface area contributed by atoms with Gasteiger partial charge in [-0.15, -0.1) is 0 Å². The number of nitrogens with zero attached hydrogens (tertiary/aromatic N) is 2. The fraction of sp³-hybridized carbons (Fsp3) is 0.154. The van der Waals surface area contributed by atoms with Crippen molar-refractivity contribution in [3.05, 3.63) is 102 Å². The van der Waals surface area contributed by atoms with Gasteiger partial charge in [0.1, 0.15) is 17.3 Å². The second-order valence-electron chi connectivity index (χ2n) is 8.13. The van der Waals surface area contributed by atoms with Crippen LogP contribution >= 0.6 is 0 Å². The maximum absolute atomic E-state index is 13.5. The smallest absolute Gasteiger partial charge is 0.256 e. The molecule has 1 heterocycles. The normalized spacial score (nSPS) is 11.5. The lowest BCUT2D eigenvalue weighted by Gasteiger charge is -2.13. The fourth-order valence-electron chi connectivity index (χ4n) is 3.48. The molecule has 0 aliphatic rings. The standard InChI is InChI=1S/C26H24FN3O3S/c1-18(2)34(32,33)23-14-10-21(11-15-23)26(31)29-25-24(20-8-12-22(27)13-9-20)28-17-30(25)16-19-6-4-3-5-7-19/h3-15,17-18H,16H2,1-2H3,(H,29,31). The highest BCUT2D eigenvalue weighted by atomic mass is 32.2. The first kappa shape index (κ1) is 23.4. The molecule has 6 nitrogen and oxygen atoms in total. The molecule has 0 bridgehead atoms. The third-order valence-corrected chi connectivity index (χ3v) is 7.62. The second kappa shape index (κ2) is 9.61. The van der Waals surface area contributed by atoms with Crippen molar-refractivity contribution in [3.63, 3.8) is 0 Å². The summed E-state index contributed by atoms with van der Waals surface area (Å²) in [6, 6.07) is 21.4. The monoisotopic (exact) mass is 477 g/mol. The van der Waals surface area contributed by atoms with E-state index in [1.807, 2.05) is 34.9 Å². The van der Waals surface area contributed by atoms with Crippen LogP contribution < -0.4 is 5.32 Å². The molecule has 1 aromatic heterocycles. The maximum Gasteiger partial charge on any atom is 0.256 e. The van der Waals surface area contributed by atoms with Gasteiger partial charge in [0.2, 0.25) is 0 Å². The molecule has 0 fully saturated rings. The van der Waals surface area contributed by atoms with Gasteiger partial charge in [-0.05, 0) is 67.9 Å². The Balaban J connectivity index is 1.67. The molecule has 4 rings (SSSR count). The van der Waals surface area contributed by atoms with Gasteiger partial charge in [-0.2, -0.15) is 0 Å². The number of halogens is 1. The lowest BCUT2D eigenvalue weighted by molar-refractivity contribution is 0.102. The van der Waals surface area contributed by atoms with E-state index in [1.165, 1.54) is 36.4 Å². The van der Waals surface area contributed by atoms with Gasteiger partial charge in [-0.3, -0.25) is 4.79 Å². The molecular weight excluding hydrogens is 453 g/mol. The van der Waals surface area contributed by atoms with Crippen molar-refractivity contribution in [1.29, 1.82) is 0 Å². The van der Waals surface area contributed by atoms with Crippen molar-refractivity contribution < 1.29 is 17.6 Å². The third-order valence-electron chi connectivity index (χ3n) is 5.45. The van der Waals surface area contributed by atoms with Crippen molar-refractivity contribution in [2.45, 2.75) is 30.5 Å². The van der Waals surface area contributed by atoms with Crippen molar-refractivity contribution in [2.75, 3.05) is 5.32 Å². The van der Waals surface area contributed by atoms with E-state index >= 15 is 0 Å². The molecule has 34 heavy (non-hydrogen) atoms. The molecule has 0 saturated heterocycles. The predicted molar refractivity (Wildman–Crippen MR) is 130 cm³/mol. The zero-order valence-corrected chi connectivity index (χ0v) is 19.6. The Morgan fingerprint density at radius 3 is 2.24 bits per heavy atom. The lowest BCUT2D eigenvalue weighted by Crippen LogP contribution is -2.17. The molecule has 8 heteroatoms. The minimum Gasteiger partial charge on any atom is -0.312 e. The Kier molecular flexibility index (Phi) is 6.61. The summed E-state index contributed by atoms with van der Waals surface area (Å²) in [6.45, 7) is 3.69. The SMILES string of the molecule is CC(C)S(=O)(=O)c1ccc(C(=O)Nc2c(-c3ccc(F)cc3)ncn2Cc2ccccc2)cc1. The summed E-state index contributed by atoms with van der Waals surface area (Å²) in [5, 5.41) is 2.35. The van der Waals surface area contributed by atoms with Crippen LogP contribution in [0.1, 0.15) is 29.8 Å². The summed E-state index contributed by atoms with van der Waals surface area (Å²) >= 11 is 0. The molecule has 4 aromatic rings. The molecule has 0 radical (unpaired) electrons. The van der Waals surface area contributed by atoms with Gasteiger partial charge in [0, 0.05) is 11.1 Å². The highest BCUT2D eigenvalue weighted by Gasteiger charge is 2.21. The Morgan fingerprint density at radius 1 is 0.971 bits per heavy atom. The third kappa shape index (κ3) is 4.92. The summed E-state index contributed by atoms with van der Waals surface area (Å²) in [6.07, 6.45) is 1.62. The number of sulfone groups is 1. The van der Waals surface area contributed by atoms with E-state index < -0.39 is 21.0 Å². The van der Waals surface area contributed by atoms with Crippen LogP contribution in [0.15, 0.2) is 90.1 Å². The summed E-state index contributed by atoms with van der Waals surface area (Å²) in [5.74, 6) is -0.319. The average molecular weight is 478 g/mol. The predicted octanol–water partition coefficient (Wildman–Crippen LogP) is 5.17. The number of benzene rings is 3. The Morgan fingerprint density at radius 2 is 1.62 bits per heavy atom. The molecule has 0 saturated carbocycles. The van der Waals surface area contributed by atoms with E-state index in [2.05, 4.69) is 10.3 Å². The Labute approximate surface area is 198 Å². The first-order chi connectivity index (χ1) is 16.3. The van der Waals surface area contributed by atoms with Gasteiger partial charge in [0.25, 0.3) is 5.91 Å². The summed E-state index contributed by atoms with van der Waals surface area (Å²) in [5.41, 5.74) is 2.48. The largest absolute Gasteiger partial charge is 0.312 e. The highest BCUT2D eigenvalue weighted by Crippen LogP contribution is 2.28. The van der Waals surface area contributed by atoms with E-state index in [1.54, 1.807) is 32.3 Å². The minimum atomic E-state index is -3.43. The molecule has 174 valence electrons. The van der Waals surface area contributed by atoms with Gasteiger partial charge in [0.15, 0.2) is 9.84 Å². The zero-order valence-electron chi connectivity index (χ0n) is 18.8. The zero-order chi connectivity index (χ0) is 24.3. The number of carbonyl (C=O) groups is 1. The van der Waals surface area contributed by atoms with Gasteiger partial charge in [-0.25, -0.2) is 17.8 Å². The number of aromatic nitrogens is 2. The van der Waals surface area contributed by atoms with E-state index in [-0.39, 0.29) is 10.7 Å². The average Bonchev–Trinajstić information content (AvgIpc) is 3.22. The van der Waals surface area contributed by atoms with Crippen LogP contribution in [0, 0.1) is 5.82 Å². The van der Waals surface area contributed by atoms with Crippen LogP contribution in [-0.2, 0) is 16.4 Å². The van der Waals surface area contributed by atoms with Crippen LogP contribution in [0.2, 0.25) is 0 Å². The Bertz CT molecular complexity index is 1400. The number of imidazole rings is 1. The van der Waals surface area contributed by atoms with Crippen molar-refractivity contribution in [2.24, 2.45) is 0 Å². The number of anilines is 1. The second-order valence-corrected chi connectivity index (χ2v) is 10.6. The first-order valence-electron chi connectivity index (χ1n) is 10.8. The van der Waals surface area contributed by atoms with Gasteiger partial charge >= 0.3 is 0 Å². The molecule has 1 N–H and O–H groups in total. The molecule has 0 spiro atoms. The molecule has 0 atom stereocenters. The molecule has 1 amide bonds. The molecule has 0 unspecified atom stereocenters. The first-order valence-corrected chi connectivity index (χ1v) is 12.3. The van der Waals surface area contributed by atoms with Gasteiger partial charge < -0.3 is 9.88 Å². The molecule has 0 aliphatic heterocycles. The van der Waals surface area contributed by atoms with Gasteiger partial charge in [-0.1, -0.05) is 30.3 Å². The van der Waals surface area contributed by atoms with Crippen molar-refractivity contribution in [3.8, 4) is 11.3 Å². The molecule has 3 aromatic carbocycles. The van der Waals surface area contributed by atoms with Crippen molar-refractivity contribution >= 4 is 21.6 Å². The number of carbonyl (C=O) groups excluding carboxylic acids is 1. The van der Waals surface area contributed by atoms with E-state index in [4.69, 9.17) is 0 Å². The van der Waals surface area contributed by atoms with Crippen molar-refractivity contribution in [1.82, 2.24) is 9.55 Å². The fourth-order valence-corrected chi connectivity index (χ4v) is 4.54. The molecule has 0 aliphatic carbocycles. The van der Waals surface area contributed by atoms with E-state index in [0.29, 0.717) is 29.2 Å². The highest BCUT2D eigenvalue weighted by molar-refractivity contribution is 7.92. The van der Waals surface area contributed by atoms with Crippen LogP contribution in [0.5, 0.6) is 0 Å². The topological polar surface area (TPSA) is 81.1 Å². The van der Waals surface area contributed by atoms with Crippen LogP contribution in [-0.4, -0.2) is 29.1 Å². The van der Waals surface area contributed by atoms with Crippen LogP contribution in [0.3, 0.4) is 0 Å². The number of rotatable bonds is 7. The maximum atomic E-state index is 13.5. The number of hydrogen-bond acceptors (Lipinski definition) is 4. The molecular formula is C26H24FN3O3S. The number of hydrogen-bond donors (Lipinski definition) is 1. The summed E-state index contributed by atoms with van der Waals surface area (Å²) < 4.78 is 40.0. The Hall–Kier alpha value is -3.78. The van der Waals surface area contributed by atoms with Gasteiger partial charge in [0.05, 0.1) is 23.0 Å². The van der Waals surface area contributed by atoms with Crippen LogP contribution in [0.25, 0.3) is 11.3 Å². The van der Waals surface area contributed by atoms with E-state index in [9.17, 15) is 17.6 Å². The lowest BCUT2D eigenvalue weighted by atomic mass is 10.1. The van der Waals surface area contributed by atoms with Crippen LogP contribution in [0.4, 0.5) is 10.2 Å². The summed E-state index contributed by atoms with van der Waals surface area (Å²) in [7, 11) is -3.43.